The Kier molecular flexibility index (Phi) is 7.00. The molecule has 2 amide bonds. The molecule has 0 aliphatic rings. The van der Waals surface area contributed by atoms with Gasteiger partial charge >= 0.3 is 0 Å². The molecule has 3 aromatic carbocycles. The monoisotopic (exact) mass is 408 g/mol. The molecule has 0 aliphatic heterocycles. The fourth-order valence-electron chi connectivity index (χ4n) is 2.58. The summed E-state index contributed by atoms with van der Waals surface area (Å²) in [7, 11) is 1.60. The largest absolute Gasteiger partial charge is 0.497 e. The molecule has 0 aromatic heterocycles. The maximum absolute atomic E-state index is 12.9. The van der Waals surface area contributed by atoms with Crippen LogP contribution in [0.3, 0.4) is 0 Å². The molecule has 0 atom stereocenters. The van der Waals surface area contributed by atoms with E-state index >= 15 is 0 Å². The Bertz CT molecular complexity index is 987. The molecule has 0 unspecified atom stereocenters. The lowest BCUT2D eigenvalue weighted by Gasteiger charge is -2.09. The molecular formula is C23H21FN2O4. The first kappa shape index (κ1) is 20.9. The minimum Gasteiger partial charge on any atom is -0.497 e. The van der Waals surface area contributed by atoms with Crippen LogP contribution in [0.5, 0.6) is 11.5 Å². The zero-order valence-corrected chi connectivity index (χ0v) is 16.4. The second kappa shape index (κ2) is 10.1. The Morgan fingerprint density at radius 1 is 0.867 bits per heavy atom. The summed E-state index contributed by atoms with van der Waals surface area (Å²) in [4.78, 5) is 24.2. The second-order valence-electron chi connectivity index (χ2n) is 6.40. The highest BCUT2D eigenvalue weighted by Gasteiger charge is 2.08. The third-order valence-corrected chi connectivity index (χ3v) is 4.24. The number of rotatable bonds is 8. The topological polar surface area (TPSA) is 76.7 Å². The third-order valence-electron chi connectivity index (χ3n) is 4.24. The average molecular weight is 408 g/mol. The number of ether oxygens (including phenoxy) is 2. The lowest BCUT2D eigenvalue weighted by Crippen LogP contribution is -2.28. The van der Waals surface area contributed by atoms with E-state index in [1.807, 2.05) is 24.3 Å². The van der Waals surface area contributed by atoms with E-state index in [1.165, 1.54) is 24.3 Å². The summed E-state index contributed by atoms with van der Waals surface area (Å²) in [5.74, 6) is 0.257. The number of benzene rings is 3. The van der Waals surface area contributed by atoms with Gasteiger partial charge in [0, 0.05) is 17.8 Å². The molecule has 3 rings (SSSR count). The summed E-state index contributed by atoms with van der Waals surface area (Å²) < 4.78 is 23.5. The molecule has 0 saturated carbocycles. The maximum Gasteiger partial charge on any atom is 0.258 e. The van der Waals surface area contributed by atoms with Crippen molar-refractivity contribution < 1.29 is 23.5 Å². The van der Waals surface area contributed by atoms with E-state index in [4.69, 9.17) is 9.47 Å². The highest BCUT2D eigenvalue weighted by atomic mass is 19.1. The number of amides is 2. The molecule has 154 valence electrons. The van der Waals surface area contributed by atoms with Gasteiger partial charge in [0.15, 0.2) is 6.61 Å². The first-order chi connectivity index (χ1) is 14.5. The molecule has 3 aromatic rings. The van der Waals surface area contributed by atoms with Crippen molar-refractivity contribution in [2.45, 2.75) is 6.54 Å². The van der Waals surface area contributed by atoms with Gasteiger partial charge in [-0.25, -0.2) is 4.39 Å². The first-order valence-corrected chi connectivity index (χ1v) is 9.23. The lowest BCUT2D eigenvalue weighted by molar-refractivity contribution is -0.123. The second-order valence-corrected chi connectivity index (χ2v) is 6.40. The minimum atomic E-state index is -0.373. The third kappa shape index (κ3) is 6.07. The highest BCUT2D eigenvalue weighted by Crippen LogP contribution is 2.15. The Morgan fingerprint density at radius 2 is 1.50 bits per heavy atom. The number of halogens is 1. The molecule has 2 N–H and O–H groups in total. The van der Waals surface area contributed by atoms with Gasteiger partial charge in [0.2, 0.25) is 0 Å². The van der Waals surface area contributed by atoms with Crippen LogP contribution in [-0.2, 0) is 11.3 Å². The van der Waals surface area contributed by atoms with Gasteiger partial charge < -0.3 is 20.1 Å². The van der Waals surface area contributed by atoms with Crippen LogP contribution in [-0.4, -0.2) is 25.5 Å². The number of carbonyl (C=O) groups is 2. The molecular weight excluding hydrogens is 387 g/mol. The van der Waals surface area contributed by atoms with Crippen LogP contribution in [0.25, 0.3) is 0 Å². The highest BCUT2D eigenvalue weighted by molar-refractivity contribution is 6.04. The van der Waals surface area contributed by atoms with Crippen LogP contribution < -0.4 is 20.1 Å². The normalized spacial score (nSPS) is 10.2. The Labute approximate surface area is 173 Å². The van der Waals surface area contributed by atoms with Crippen LogP contribution in [0.1, 0.15) is 15.9 Å². The first-order valence-electron chi connectivity index (χ1n) is 9.23. The van der Waals surface area contributed by atoms with E-state index in [0.717, 1.165) is 11.3 Å². The predicted molar refractivity (Wildman–Crippen MR) is 111 cm³/mol. The number of hydrogen-bond donors (Lipinski definition) is 2. The van der Waals surface area contributed by atoms with E-state index < -0.39 is 0 Å². The van der Waals surface area contributed by atoms with Gasteiger partial charge in [0.05, 0.1) is 7.11 Å². The van der Waals surface area contributed by atoms with E-state index in [0.29, 0.717) is 23.5 Å². The Balaban J connectivity index is 1.44. The van der Waals surface area contributed by atoms with E-state index in [1.54, 1.807) is 31.4 Å². The van der Waals surface area contributed by atoms with Crippen molar-refractivity contribution in [3.63, 3.8) is 0 Å². The van der Waals surface area contributed by atoms with E-state index in [-0.39, 0.29) is 24.2 Å². The molecule has 0 saturated heterocycles. The van der Waals surface area contributed by atoms with Crippen molar-refractivity contribution in [3.05, 3.63) is 89.7 Å². The van der Waals surface area contributed by atoms with Gasteiger partial charge in [-0.1, -0.05) is 12.1 Å². The van der Waals surface area contributed by atoms with Gasteiger partial charge in [0.1, 0.15) is 17.3 Å². The molecule has 0 aliphatic carbocycles. The number of anilines is 1. The van der Waals surface area contributed by atoms with Gasteiger partial charge in [-0.3, -0.25) is 9.59 Å². The summed E-state index contributed by atoms with van der Waals surface area (Å²) in [5, 5.41) is 5.45. The van der Waals surface area contributed by atoms with Crippen molar-refractivity contribution in [2.75, 3.05) is 19.0 Å². The molecule has 0 spiro atoms. The van der Waals surface area contributed by atoms with Crippen LogP contribution in [0, 0.1) is 5.82 Å². The number of methoxy groups -OCH3 is 1. The molecule has 7 heteroatoms. The van der Waals surface area contributed by atoms with Gasteiger partial charge in [-0.15, -0.1) is 0 Å². The zero-order valence-electron chi connectivity index (χ0n) is 16.4. The summed E-state index contributed by atoms with van der Waals surface area (Å²) in [5.41, 5.74) is 1.85. The van der Waals surface area contributed by atoms with E-state index in [2.05, 4.69) is 10.6 Å². The van der Waals surface area contributed by atoms with E-state index in [9.17, 15) is 14.0 Å². The summed E-state index contributed by atoms with van der Waals surface area (Å²) >= 11 is 0. The van der Waals surface area contributed by atoms with Gasteiger partial charge in [-0.05, 0) is 66.2 Å². The van der Waals surface area contributed by atoms with Crippen molar-refractivity contribution in [3.8, 4) is 11.5 Å². The summed E-state index contributed by atoms with van der Waals surface area (Å²) in [6, 6.07) is 19.3. The fraction of sp³-hybridized carbons (Fsp3) is 0.130. The molecule has 0 radical (unpaired) electrons. The quantitative estimate of drug-likeness (QED) is 0.595. The number of nitrogens with one attached hydrogen (secondary N) is 2. The molecule has 0 heterocycles. The standard InChI is InChI=1S/C23H21FN2O4/c1-29-20-10-2-16(3-11-20)14-25-22(27)15-30-21-12-4-17(5-13-21)23(28)26-19-8-6-18(24)7-9-19/h2-13H,14-15H2,1H3,(H,25,27)(H,26,28). The summed E-state index contributed by atoms with van der Waals surface area (Å²) in [6.07, 6.45) is 0. The van der Waals surface area contributed by atoms with Gasteiger partial charge in [0.25, 0.3) is 11.8 Å². The van der Waals surface area contributed by atoms with Crippen LogP contribution >= 0.6 is 0 Å². The lowest BCUT2D eigenvalue weighted by atomic mass is 10.2. The number of carbonyl (C=O) groups excluding carboxylic acids is 2. The average Bonchev–Trinajstić information content (AvgIpc) is 2.78. The maximum atomic E-state index is 12.9. The van der Waals surface area contributed by atoms with Crippen LogP contribution in [0.2, 0.25) is 0 Å². The predicted octanol–water partition coefficient (Wildman–Crippen LogP) is 3.78. The fourth-order valence-corrected chi connectivity index (χ4v) is 2.58. The SMILES string of the molecule is COc1ccc(CNC(=O)COc2ccc(C(=O)Nc3ccc(F)cc3)cc2)cc1. The van der Waals surface area contributed by atoms with Crippen LogP contribution in [0.15, 0.2) is 72.8 Å². The molecule has 6 nitrogen and oxygen atoms in total. The zero-order chi connectivity index (χ0) is 21.3. The molecule has 0 fully saturated rings. The van der Waals surface area contributed by atoms with Crippen molar-refractivity contribution in [1.82, 2.24) is 5.32 Å². The van der Waals surface area contributed by atoms with Crippen molar-refractivity contribution >= 4 is 17.5 Å². The van der Waals surface area contributed by atoms with Crippen LogP contribution in [0.4, 0.5) is 10.1 Å². The Morgan fingerprint density at radius 3 is 2.13 bits per heavy atom. The Hall–Kier alpha value is -3.87. The van der Waals surface area contributed by atoms with Crippen molar-refractivity contribution in [1.29, 1.82) is 0 Å². The minimum absolute atomic E-state index is 0.142. The molecule has 30 heavy (non-hydrogen) atoms. The van der Waals surface area contributed by atoms with Gasteiger partial charge in [-0.2, -0.15) is 0 Å². The smallest absolute Gasteiger partial charge is 0.258 e. The number of hydrogen-bond acceptors (Lipinski definition) is 4. The summed E-state index contributed by atoms with van der Waals surface area (Å²) in [6.45, 7) is 0.242. The van der Waals surface area contributed by atoms with Crippen molar-refractivity contribution in [2.24, 2.45) is 0 Å². The molecule has 0 bridgehead atoms.